The Morgan fingerprint density at radius 1 is 1.29 bits per heavy atom. The molecule has 3 aromatic rings. The van der Waals surface area contributed by atoms with Crippen molar-refractivity contribution in [3.05, 3.63) is 34.8 Å². The van der Waals surface area contributed by atoms with Crippen LogP contribution >= 0.6 is 11.3 Å². The lowest BCUT2D eigenvalue weighted by Gasteiger charge is -2.21. The van der Waals surface area contributed by atoms with Crippen molar-refractivity contribution in [3.8, 4) is 22.2 Å². The summed E-state index contributed by atoms with van der Waals surface area (Å²) in [6, 6.07) is 5.44. The smallest absolute Gasteiger partial charge is 0.234 e. The minimum Gasteiger partial charge on any atom is -0.496 e. The first-order valence-electron chi connectivity index (χ1n) is 10.4. The van der Waals surface area contributed by atoms with Gasteiger partial charge in [0.1, 0.15) is 28.3 Å². The number of thiazole rings is 1. The molecule has 1 aliphatic rings. The van der Waals surface area contributed by atoms with Crippen molar-refractivity contribution >= 4 is 28.1 Å². The van der Waals surface area contributed by atoms with Crippen molar-refractivity contribution in [3.63, 3.8) is 0 Å². The van der Waals surface area contributed by atoms with Gasteiger partial charge < -0.3 is 20.5 Å². The Hall–Kier alpha value is -2.71. The monoisotopic (exact) mass is 440 g/mol. The van der Waals surface area contributed by atoms with Gasteiger partial charge in [-0.25, -0.2) is 9.97 Å². The number of rotatable bonds is 6. The number of benzene rings is 1. The van der Waals surface area contributed by atoms with Crippen LogP contribution in [0, 0.1) is 12.8 Å². The molecule has 7 nitrogen and oxygen atoms in total. The van der Waals surface area contributed by atoms with Crippen LogP contribution in [0.5, 0.6) is 11.5 Å². The van der Waals surface area contributed by atoms with E-state index in [4.69, 9.17) is 25.2 Å². The minimum absolute atomic E-state index is 0.0454. The van der Waals surface area contributed by atoms with Crippen molar-refractivity contribution in [1.29, 1.82) is 0 Å². The summed E-state index contributed by atoms with van der Waals surface area (Å²) >= 11 is 1.58. The molecule has 0 radical (unpaired) electrons. The minimum atomic E-state index is -0.396. The fraction of sp³-hybridized carbons (Fsp3) is 0.435. The van der Waals surface area contributed by atoms with E-state index < -0.39 is 6.04 Å². The number of aromatic nitrogens is 2. The molecule has 3 atom stereocenters. The molecule has 164 valence electrons. The third kappa shape index (κ3) is 3.97. The Labute approximate surface area is 186 Å². The first-order valence-corrected chi connectivity index (χ1v) is 11.3. The van der Waals surface area contributed by atoms with Crippen LogP contribution in [-0.4, -0.2) is 41.7 Å². The molecule has 8 heteroatoms. The van der Waals surface area contributed by atoms with Gasteiger partial charge in [0.2, 0.25) is 5.91 Å². The zero-order valence-corrected chi connectivity index (χ0v) is 19.2. The number of hydrogen-bond donors (Lipinski definition) is 2. The number of fused-ring (bicyclic) bond motifs is 1. The van der Waals surface area contributed by atoms with Gasteiger partial charge in [-0.15, -0.1) is 11.3 Å². The molecule has 0 saturated carbocycles. The number of pyridine rings is 1. The molecule has 0 unspecified atom stereocenters. The third-order valence-electron chi connectivity index (χ3n) is 5.94. The van der Waals surface area contributed by atoms with Gasteiger partial charge in [0, 0.05) is 34.9 Å². The number of aryl methyl sites for hydroxylation is 1. The second-order valence-electron chi connectivity index (χ2n) is 8.33. The summed E-state index contributed by atoms with van der Waals surface area (Å²) in [7, 11) is 1.65. The number of carbonyl (C=O) groups is 1. The molecule has 3 N–H and O–H groups in total. The molecule has 1 fully saturated rings. The maximum absolute atomic E-state index is 11.7. The van der Waals surface area contributed by atoms with Crippen LogP contribution in [0.2, 0.25) is 0 Å². The zero-order chi connectivity index (χ0) is 22.3. The predicted molar refractivity (Wildman–Crippen MR) is 123 cm³/mol. The van der Waals surface area contributed by atoms with E-state index in [-0.39, 0.29) is 17.9 Å². The molecule has 31 heavy (non-hydrogen) atoms. The van der Waals surface area contributed by atoms with Crippen LogP contribution in [0.15, 0.2) is 23.6 Å². The Kier molecular flexibility index (Phi) is 5.85. The summed E-state index contributed by atoms with van der Waals surface area (Å²) in [6.07, 6.45) is -0.180. The Morgan fingerprint density at radius 2 is 2.06 bits per heavy atom. The standard InChI is InChI=1S/C23H28N4O3S/c1-11(2)16-10-31-23(27-16)15-8-18(30-19-9-25-21(13(19)4)22(24)28)14-6-7-17(29-5)12(3)20(14)26-15/h6-8,10-11,13,19,21,25H,9H2,1-5H3,(H2,24,28)/t13-,19+,21+/m1/s1. The fourth-order valence-corrected chi connectivity index (χ4v) is 4.92. The molecule has 0 spiro atoms. The second-order valence-corrected chi connectivity index (χ2v) is 9.19. The third-order valence-corrected chi connectivity index (χ3v) is 6.82. The van der Waals surface area contributed by atoms with E-state index in [1.807, 2.05) is 32.0 Å². The molecule has 2 aromatic heterocycles. The number of nitrogens with one attached hydrogen (secondary N) is 1. The van der Waals surface area contributed by atoms with Gasteiger partial charge in [0.25, 0.3) is 0 Å². The molecule has 1 aromatic carbocycles. The molecular weight excluding hydrogens is 412 g/mol. The van der Waals surface area contributed by atoms with Crippen LogP contribution in [0.3, 0.4) is 0 Å². The normalized spacial score (nSPS) is 21.0. The lowest BCUT2D eigenvalue weighted by atomic mass is 10.0. The van der Waals surface area contributed by atoms with E-state index in [2.05, 4.69) is 24.5 Å². The Morgan fingerprint density at radius 3 is 2.68 bits per heavy atom. The number of ether oxygens (including phenoxy) is 2. The number of nitrogens with two attached hydrogens (primary N) is 1. The van der Waals surface area contributed by atoms with E-state index >= 15 is 0 Å². The number of primary amides is 1. The van der Waals surface area contributed by atoms with Gasteiger partial charge in [-0.05, 0) is 25.0 Å². The molecule has 3 heterocycles. The summed E-state index contributed by atoms with van der Waals surface area (Å²) in [5.74, 6) is 1.43. The fourth-order valence-electron chi connectivity index (χ4n) is 3.98. The molecule has 0 aliphatic carbocycles. The highest BCUT2D eigenvalue weighted by molar-refractivity contribution is 7.13. The van der Waals surface area contributed by atoms with Gasteiger partial charge in [0.15, 0.2) is 0 Å². The highest BCUT2D eigenvalue weighted by Gasteiger charge is 2.37. The quantitative estimate of drug-likeness (QED) is 0.607. The van der Waals surface area contributed by atoms with Crippen molar-refractivity contribution in [1.82, 2.24) is 15.3 Å². The van der Waals surface area contributed by atoms with Crippen molar-refractivity contribution < 1.29 is 14.3 Å². The van der Waals surface area contributed by atoms with Crippen LogP contribution in [0.4, 0.5) is 0 Å². The lowest BCUT2D eigenvalue weighted by molar-refractivity contribution is -0.120. The average Bonchev–Trinajstić information content (AvgIpc) is 3.36. The number of carbonyl (C=O) groups excluding carboxylic acids is 1. The van der Waals surface area contributed by atoms with Crippen molar-refractivity contribution in [2.75, 3.05) is 13.7 Å². The SMILES string of the molecule is COc1ccc2c(O[C@H]3CN[C@H](C(N)=O)[C@@H]3C)cc(-c3nc(C(C)C)cs3)nc2c1C. The topological polar surface area (TPSA) is 99.4 Å². The average molecular weight is 441 g/mol. The summed E-state index contributed by atoms with van der Waals surface area (Å²) in [4.78, 5) is 21.4. The molecule has 1 aliphatic heterocycles. The van der Waals surface area contributed by atoms with E-state index in [0.717, 1.165) is 44.4 Å². The summed E-state index contributed by atoms with van der Waals surface area (Å²) in [5, 5.41) is 7.00. The largest absolute Gasteiger partial charge is 0.496 e. The first kappa shape index (κ1) is 21.5. The highest BCUT2D eigenvalue weighted by atomic mass is 32.1. The molecule has 1 amide bonds. The van der Waals surface area contributed by atoms with Crippen molar-refractivity contribution in [2.45, 2.75) is 45.8 Å². The number of nitrogens with zero attached hydrogens (tertiary/aromatic N) is 2. The summed E-state index contributed by atoms with van der Waals surface area (Å²) in [6.45, 7) is 8.78. The highest BCUT2D eigenvalue weighted by Crippen LogP contribution is 2.37. The van der Waals surface area contributed by atoms with Crippen LogP contribution < -0.4 is 20.5 Å². The Balaban J connectivity index is 1.81. The van der Waals surface area contributed by atoms with Crippen LogP contribution in [0.25, 0.3) is 21.6 Å². The van der Waals surface area contributed by atoms with Gasteiger partial charge >= 0.3 is 0 Å². The number of amides is 1. The van der Waals surface area contributed by atoms with Gasteiger partial charge in [0.05, 0.1) is 24.4 Å². The lowest BCUT2D eigenvalue weighted by Crippen LogP contribution is -2.40. The van der Waals surface area contributed by atoms with Crippen LogP contribution in [0.1, 0.15) is 37.9 Å². The van der Waals surface area contributed by atoms with Gasteiger partial charge in [-0.3, -0.25) is 4.79 Å². The van der Waals surface area contributed by atoms with Crippen molar-refractivity contribution in [2.24, 2.45) is 11.7 Å². The number of hydrogen-bond acceptors (Lipinski definition) is 7. The molecule has 4 rings (SSSR count). The molecule has 0 bridgehead atoms. The zero-order valence-electron chi connectivity index (χ0n) is 18.4. The number of methoxy groups -OCH3 is 1. The summed E-state index contributed by atoms with van der Waals surface area (Å²) in [5.41, 5.74) is 9.10. The molecular formula is C23H28N4O3S. The van der Waals surface area contributed by atoms with Gasteiger partial charge in [-0.2, -0.15) is 0 Å². The molecule has 1 saturated heterocycles. The first-order chi connectivity index (χ1) is 14.8. The summed E-state index contributed by atoms with van der Waals surface area (Å²) < 4.78 is 12.0. The Bertz CT molecular complexity index is 1130. The maximum Gasteiger partial charge on any atom is 0.234 e. The van der Waals surface area contributed by atoms with E-state index in [0.29, 0.717) is 12.5 Å². The van der Waals surface area contributed by atoms with E-state index in [1.165, 1.54) is 0 Å². The van der Waals surface area contributed by atoms with E-state index in [1.54, 1.807) is 18.4 Å². The second kappa shape index (κ2) is 8.43. The van der Waals surface area contributed by atoms with E-state index in [9.17, 15) is 4.79 Å². The predicted octanol–water partition coefficient (Wildman–Crippen LogP) is 3.64. The van der Waals surface area contributed by atoms with Crippen LogP contribution in [-0.2, 0) is 4.79 Å². The maximum atomic E-state index is 11.7. The van der Waals surface area contributed by atoms with Gasteiger partial charge in [-0.1, -0.05) is 20.8 Å².